The quantitative estimate of drug-likeness (QED) is 0.449. The van der Waals surface area contributed by atoms with Gasteiger partial charge in [-0.05, 0) is 30.2 Å². The van der Waals surface area contributed by atoms with Crippen molar-refractivity contribution in [1.29, 1.82) is 0 Å². The van der Waals surface area contributed by atoms with Gasteiger partial charge in [-0.3, -0.25) is 19.9 Å². The summed E-state index contributed by atoms with van der Waals surface area (Å²) < 4.78 is 5.41. The lowest BCUT2D eigenvalue weighted by molar-refractivity contribution is -0.383. The highest BCUT2D eigenvalue weighted by Crippen LogP contribution is 2.40. The minimum Gasteiger partial charge on any atom is -0.871 e. The van der Waals surface area contributed by atoms with Gasteiger partial charge in [-0.2, -0.15) is 0 Å². The fraction of sp³-hybridized carbons (Fsp3) is 0.273. The smallest absolute Gasteiger partial charge is 0.279 e. The van der Waals surface area contributed by atoms with Crippen LogP contribution in [0.1, 0.15) is 43.4 Å². The maximum Gasteiger partial charge on any atom is 0.279 e. The molecular weight excluding hydrogens is 386 g/mol. The fourth-order valence-electron chi connectivity index (χ4n) is 3.38. The maximum atomic E-state index is 13.2. The standard InChI is InChI=1S/C22H23N3O5/c1-3-4-11-19(26)24-20(15-8-5-6-10-18(15)30-2)16-13-17(25(28)29)14-9-7-12-23-21(14)22(16)27/h5-10,12-13,20,27H,3-4,11H2,1-2H3,(H,24,26)/p-1/t20-/m1/s1. The van der Waals surface area contributed by atoms with E-state index >= 15 is 0 Å². The van der Waals surface area contributed by atoms with Gasteiger partial charge in [0.25, 0.3) is 5.69 Å². The summed E-state index contributed by atoms with van der Waals surface area (Å²) in [4.78, 5) is 27.8. The largest absolute Gasteiger partial charge is 0.871 e. The van der Waals surface area contributed by atoms with Crippen LogP contribution < -0.4 is 15.2 Å². The number of fused-ring (bicyclic) bond motifs is 1. The number of ether oxygens (including phenoxy) is 1. The molecule has 0 unspecified atom stereocenters. The number of rotatable bonds is 8. The number of benzene rings is 2. The van der Waals surface area contributed by atoms with E-state index in [4.69, 9.17) is 4.74 Å². The molecule has 0 radical (unpaired) electrons. The zero-order valence-corrected chi connectivity index (χ0v) is 16.8. The average molecular weight is 408 g/mol. The highest BCUT2D eigenvalue weighted by molar-refractivity contribution is 5.93. The van der Waals surface area contributed by atoms with Crippen LogP contribution in [0.3, 0.4) is 0 Å². The first-order valence-corrected chi connectivity index (χ1v) is 9.63. The predicted octanol–water partition coefficient (Wildman–Crippen LogP) is 3.62. The van der Waals surface area contributed by atoms with Crippen LogP contribution >= 0.6 is 0 Å². The molecule has 0 saturated heterocycles. The normalized spacial score (nSPS) is 11.8. The van der Waals surface area contributed by atoms with Gasteiger partial charge in [-0.25, -0.2) is 0 Å². The third-order valence-corrected chi connectivity index (χ3v) is 4.87. The molecule has 1 atom stereocenters. The molecule has 156 valence electrons. The summed E-state index contributed by atoms with van der Waals surface area (Å²) >= 11 is 0. The molecule has 8 nitrogen and oxygen atoms in total. The van der Waals surface area contributed by atoms with E-state index in [2.05, 4.69) is 10.3 Å². The molecule has 0 bridgehead atoms. The number of para-hydroxylation sites is 1. The van der Waals surface area contributed by atoms with Gasteiger partial charge in [-0.15, -0.1) is 0 Å². The van der Waals surface area contributed by atoms with Crippen molar-refractivity contribution in [3.05, 3.63) is 69.9 Å². The number of methoxy groups -OCH3 is 1. The van der Waals surface area contributed by atoms with E-state index < -0.39 is 16.7 Å². The van der Waals surface area contributed by atoms with E-state index in [1.165, 1.54) is 25.4 Å². The third-order valence-electron chi connectivity index (χ3n) is 4.87. The van der Waals surface area contributed by atoms with Gasteiger partial charge in [-0.1, -0.05) is 37.3 Å². The number of nitrogens with one attached hydrogen (secondary N) is 1. The number of pyridine rings is 1. The summed E-state index contributed by atoms with van der Waals surface area (Å²) in [6.45, 7) is 1.97. The molecule has 3 aromatic rings. The van der Waals surface area contributed by atoms with Gasteiger partial charge in [0.15, 0.2) is 0 Å². The number of unbranched alkanes of at least 4 members (excludes halogenated alkanes) is 1. The molecule has 0 aliphatic rings. The van der Waals surface area contributed by atoms with Gasteiger partial charge in [0.05, 0.1) is 29.0 Å². The maximum absolute atomic E-state index is 13.2. The molecular formula is C22H22N3O5-. The number of hydrogen-bond acceptors (Lipinski definition) is 6. The summed E-state index contributed by atoms with van der Waals surface area (Å²) in [5, 5.41) is 27.9. The summed E-state index contributed by atoms with van der Waals surface area (Å²) in [7, 11) is 1.48. The second-order valence-electron chi connectivity index (χ2n) is 6.82. The number of carbonyl (C=O) groups excluding carboxylic acids is 1. The fourth-order valence-corrected chi connectivity index (χ4v) is 3.38. The zero-order chi connectivity index (χ0) is 21.7. The molecule has 1 N–H and O–H groups in total. The second kappa shape index (κ2) is 9.21. The van der Waals surface area contributed by atoms with Crippen molar-refractivity contribution in [2.45, 2.75) is 32.2 Å². The zero-order valence-electron chi connectivity index (χ0n) is 16.8. The molecule has 0 spiro atoms. The van der Waals surface area contributed by atoms with Crippen molar-refractivity contribution in [3.63, 3.8) is 0 Å². The van der Waals surface area contributed by atoms with Crippen molar-refractivity contribution in [2.24, 2.45) is 0 Å². The Morgan fingerprint density at radius 1 is 1.23 bits per heavy atom. The van der Waals surface area contributed by atoms with Crippen molar-refractivity contribution < 1.29 is 19.6 Å². The molecule has 0 aliphatic heterocycles. The Labute approximate surface area is 173 Å². The van der Waals surface area contributed by atoms with Crippen LogP contribution in [0.15, 0.2) is 48.7 Å². The van der Waals surface area contributed by atoms with Crippen LogP contribution in [0.2, 0.25) is 0 Å². The first-order valence-electron chi connectivity index (χ1n) is 9.63. The van der Waals surface area contributed by atoms with Crippen LogP contribution in [-0.4, -0.2) is 22.9 Å². The van der Waals surface area contributed by atoms with Crippen LogP contribution in [0.25, 0.3) is 10.9 Å². The summed E-state index contributed by atoms with van der Waals surface area (Å²) in [5.41, 5.74) is 0.355. The number of amides is 1. The Balaban J connectivity index is 2.23. The predicted molar refractivity (Wildman–Crippen MR) is 110 cm³/mol. The first-order chi connectivity index (χ1) is 14.5. The second-order valence-corrected chi connectivity index (χ2v) is 6.82. The molecule has 1 heterocycles. The average Bonchev–Trinajstić information content (AvgIpc) is 2.76. The summed E-state index contributed by atoms with van der Waals surface area (Å²) in [5.74, 6) is -0.264. The molecule has 1 aromatic heterocycles. The van der Waals surface area contributed by atoms with Gasteiger partial charge in [0.1, 0.15) is 5.75 Å². The number of nitro groups is 1. The van der Waals surface area contributed by atoms with E-state index in [1.54, 1.807) is 30.3 Å². The number of nitro benzene ring substituents is 1. The van der Waals surface area contributed by atoms with Crippen molar-refractivity contribution in [1.82, 2.24) is 10.3 Å². The topological polar surface area (TPSA) is 117 Å². The van der Waals surface area contributed by atoms with Gasteiger partial charge < -0.3 is 15.2 Å². The van der Waals surface area contributed by atoms with E-state index in [9.17, 15) is 20.0 Å². The lowest BCUT2D eigenvalue weighted by atomic mass is 9.94. The highest BCUT2D eigenvalue weighted by Gasteiger charge is 2.25. The molecule has 2 aromatic carbocycles. The number of aromatic nitrogens is 1. The minimum atomic E-state index is -0.914. The Hall–Kier alpha value is -3.68. The molecule has 0 aliphatic carbocycles. The molecule has 30 heavy (non-hydrogen) atoms. The lowest BCUT2D eigenvalue weighted by Crippen LogP contribution is -2.30. The Morgan fingerprint density at radius 2 is 2.00 bits per heavy atom. The van der Waals surface area contributed by atoms with Gasteiger partial charge in [0, 0.05) is 24.2 Å². The number of hydrogen-bond donors (Lipinski definition) is 1. The molecule has 3 rings (SSSR count). The first kappa shape index (κ1) is 21.0. The Bertz CT molecular complexity index is 1080. The number of non-ortho nitro benzene ring substituents is 1. The molecule has 1 amide bonds. The van der Waals surface area contributed by atoms with E-state index in [1.807, 2.05) is 6.92 Å². The van der Waals surface area contributed by atoms with Crippen molar-refractivity contribution >= 4 is 22.5 Å². The molecule has 0 saturated carbocycles. The Kier molecular flexibility index (Phi) is 6.46. The van der Waals surface area contributed by atoms with E-state index in [0.717, 1.165) is 6.42 Å². The van der Waals surface area contributed by atoms with E-state index in [-0.39, 0.29) is 34.5 Å². The summed E-state index contributed by atoms with van der Waals surface area (Å²) in [6.07, 6.45) is 3.22. The van der Waals surface area contributed by atoms with Crippen LogP contribution in [-0.2, 0) is 4.79 Å². The van der Waals surface area contributed by atoms with Crippen molar-refractivity contribution in [2.75, 3.05) is 7.11 Å². The summed E-state index contributed by atoms with van der Waals surface area (Å²) in [6, 6.07) is 10.3. The van der Waals surface area contributed by atoms with Gasteiger partial charge in [0.2, 0.25) is 5.91 Å². The van der Waals surface area contributed by atoms with Crippen LogP contribution in [0, 0.1) is 10.1 Å². The minimum absolute atomic E-state index is 0.00981. The lowest BCUT2D eigenvalue weighted by Gasteiger charge is -2.26. The third kappa shape index (κ3) is 4.17. The number of nitrogens with zero attached hydrogens (tertiary/aromatic N) is 2. The SMILES string of the molecule is CCCCC(=O)N[C@H](c1ccccc1OC)c1cc([N+](=O)[O-])c2cccnc2c1[O-]. The van der Waals surface area contributed by atoms with E-state index in [0.29, 0.717) is 17.7 Å². The molecule has 0 fully saturated rings. The molecule has 8 heteroatoms. The van der Waals surface area contributed by atoms with Gasteiger partial charge >= 0.3 is 0 Å². The van der Waals surface area contributed by atoms with Crippen molar-refractivity contribution in [3.8, 4) is 11.5 Å². The highest BCUT2D eigenvalue weighted by atomic mass is 16.6. The Morgan fingerprint density at radius 3 is 2.70 bits per heavy atom. The van der Waals surface area contributed by atoms with Crippen LogP contribution in [0.5, 0.6) is 11.5 Å². The van der Waals surface area contributed by atoms with Crippen LogP contribution in [0.4, 0.5) is 5.69 Å². The number of carbonyl (C=O) groups is 1. The monoisotopic (exact) mass is 408 g/mol.